The van der Waals surface area contributed by atoms with Crippen LogP contribution in [0.15, 0.2) is 55.1 Å². The standard InChI is InChI=1S/C7H10N.C6H8N.C4H12N.9CH4/c1-7-3-5-8(2)6-4-7;1-7-5-3-2-4-6-7;1-5(2,3)4;;;;;;;;;/h3-6H,1-2H3;2-6H,1H3;1-4H3;9*1H4/q3*+1;;;;;;;;;. The quantitative estimate of drug-likeness (QED) is 0.310. The molecule has 0 atom stereocenters. The van der Waals surface area contributed by atoms with Gasteiger partial charge >= 0.3 is 0 Å². The zero-order valence-corrected chi connectivity index (χ0v) is 14.0. The number of aryl methyl sites for hydroxylation is 3. The number of aromatic nitrogens is 2. The van der Waals surface area contributed by atoms with Crippen molar-refractivity contribution in [3.05, 3.63) is 60.7 Å². The third kappa shape index (κ3) is 58.5. The lowest BCUT2D eigenvalue weighted by molar-refractivity contribution is -0.849. The molecule has 0 saturated carbocycles. The van der Waals surface area contributed by atoms with E-state index in [0.29, 0.717) is 0 Å². The molecule has 3 heteroatoms. The molecule has 182 valence electrons. The van der Waals surface area contributed by atoms with E-state index in [1.165, 1.54) is 5.56 Å². The summed E-state index contributed by atoms with van der Waals surface area (Å²) in [5, 5.41) is 0. The summed E-state index contributed by atoms with van der Waals surface area (Å²) < 4.78 is 5.02. The van der Waals surface area contributed by atoms with Gasteiger partial charge in [-0.3, -0.25) is 0 Å². The second-order valence-corrected chi connectivity index (χ2v) is 6.27. The summed E-state index contributed by atoms with van der Waals surface area (Å²) in [5.74, 6) is 0. The van der Waals surface area contributed by atoms with Crippen LogP contribution in [0, 0.1) is 6.92 Å². The fourth-order valence-corrected chi connectivity index (χ4v) is 1.06. The summed E-state index contributed by atoms with van der Waals surface area (Å²) in [6, 6.07) is 10.2. The largest absolute Gasteiger partial charge is 0.333 e. The summed E-state index contributed by atoms with van der Waals surface area (Å²) in [6.45, 7) is 2.08. The summed E-state index contributed by atoms with van der Waals surface area (Å²) in [4.78, 5) is 0. The van der Waals surface area contributed by atoms with Gasteiger partial charge in [-0.25, -0.2) is 9.13 Å². The van der Waals surface area contributed by atoms with Crippen molar-refractivity contribution in [3.8, 4) is 0 Å². The van der Waals surface area contributed by atoms with Crippen molar-refractivity contribution in [1.29, 1.82) is 0 Å². The third-order valence-electron chi connectivity index (χ3n) is 2.01. The van der Waals surface area contributed by atoms with E-state index in [1.807, 2.05) is 66.2 Å². The number of hydrogen-bond acceptors (Lipinski definition) is 0. The average molecular weight is 421 g/mol. The second kappa shape index (κ2) is 33.8. The molecule has 2 rings (SSSR count). The van der Waals surface area contributed by atoms with Gasteiger partial charge in [-0.05, 0) is 12.5 Å². The second-order valence-electron chi connectivity index (χ2n) is 6.27. The van der Waals surface area contributed by atoms with Gasteiger partial charge in [0.15, 0.2) is 24.8 Å². The molecule has 0 amide bonds. The molecule has 2 aromatic rings. The van der Waals surface area contributed by atoms with Gasteiger partial charge < -0.3 is 4.48 Å². The Morgan fingerprint density at radius 2 is 0.759 bits per heavy atom. The number of hydrogen-bond donors (Lipinski definition) is 0. The highest BCUT2D eigenvalue weighted by atomic mass is 15.2. The van der Waals surface area contributed by atoms with Gasteiger partial charge in [-0.1, -0.05) is 72.9 Å². The average Bonchev–Trinajstić information content (AvgIpc) is 2.33. The van der Waals surface area contributed by atoms with Crippen LogP contribution in [0.1, 0.15) is 72.4 Å². The summed E-state index contributed by atoms with van der Waals surface area (Å²) >= 11 is 0. The fourth-order valence-electron chi connectivity index (χ4n) is 1.06. The first-order valence-corrected chi connectivity index (χ1v) is 6.79. The lowest BCUT2D eigenvalue weighted by atomic mass is 10.3. The lowest BCUT2D eigenvalue weighted by Gasteiger charge is -2.14. The van der Waals surface area contributed by atoms with E-state index in [-0.39, 0.29) is 66.8 Å². The van der Waals surface area contributed by atoms with Gasteiger partial charge in [0.2, 0.25) is 0 Å². The molecule has 0 unspecified atom stereocenters. The van der Waals surface area contributed by atoms with Crippen molar-refractivity contribution in [2.75, 3.05) is 28.2 Å². The fraction of sp³-hybridized carbons (Fsp3) is 0.615. The molecule has 0 aliphatic carbocycles. The molecular formula is C26H66N3+3. The van der Waals surface area contributed by atoms with Crippen LogP contribution in [0.2, 0.25) is 0 Å². The van der Waals surface area contributed by atoms with Crippen molar-refractivity contribution in [2.45, 2.75) is 73.8 Å². The maximum atomic E-state index is 2.12. The molecule has 29 heavy (non-hydrogen) atoms. The Balaban J connectivity index is -0.0000000206. The van der Waals surface area contributed by atoms with E-state index in [1.54, 1.807) is 0 Å². The van der Waals surface area contributed by atoms with Crippen LogP contribution in [-0.2, 0) is 14.1 Å². The van der Waals surface area contributed by atoms with Crippen LogP contribution in [0.4, 0.5) is 0 Å². The smallest absolute Gasteiger partial charge is 0.168 e. The van der Waals surface area contributed by atoms with E-state index in [9.17, 15) is 0 Å². The zero-order chi connectivity index (χ0) is 15.6. The minimum atomic E-state index is 0. The maximum Gasteiger partial charge on any atom is 0.168 e. The number of nitrogens with zero attached hydrogens (tertiary/aromatic N) is 3. The van der Waals surface area contributed by atoms with Crippen LogP contribution >= 0.6 is 0 Å². The van der Waals surface area contributed by atoms with Crippen LogP contribution in [0.3, 0.4) is 0 Å². The van der Waals surface area contributed by atoms with Gasteiger partial charge in [0.25, 0.3) is 0 Å². The molecule has 0 aliphatic heterocycles. The molecule has 0 spiro atoms. The molecule has 0 aromatic carbocycles. The summed E-state index contributed by atoms with van der Waals surface area (Å²) in [7, 11) is 12.5. The molecule has 0 radical (unpaired) electrons. The molecule has 2 aromatic heterocycles. The van der Waals surface area contributed by atoms with Crippen molar-refractivity contribution >= 4 is 0 Å². The Bertz CT molecular complexity index is 431. The summed E-state index contributed by atoms with van der Waals surface area (Å²) in [6.07, 6.45) is 8.07. The Hall–Kier alpha value is -1.74. The van der Waals surface area contributed by atoms with Gasteiger partial charge in [-0.2, -0.15) is 0 Å². The molecule has 0 N–H and O–H groups in total. The predicted molar refractivity (Wildman–Crippen MR) is 145 cm³/mol. The first-order chi connectivity index (χ1) is 9.18. The Kier molecular flexibility index (Phi) is 73.6. The third-order valence-corrected chi connectivity index (χ3v) is 2.01. The van der Waals surface area contributed by atoms with E-state index < -0.39 is 0 Å². The van der Waals surface area contributed by atoms with Crippen molar-refractivity contribution in [2.24, 2.45) is 14.1 Å². The highest BCUT2D eigenvalue weighted by Crippen LogP contribution is 1.87. The molecule has 0 fully saturated rings. The minimum absolute atomic E-state index is 0. The lowest BCUT2D eigenvalue weighted by Crippen LogP contribution is -2.27. The number of pyridine rings is 2. The first kappa shape index (κ1) is 63.1. The van der Waals surface area contributed by atoms with Crippen molar-refractivity contribution < 1.29 is 13.6 Å². The maximum absolute atomic E-state index is 2.12. The van der Waals surface area contributed by atoms with Crippen LogP contribution in [-0.4, -0.2) is 32.7 Å². The zero-order valence-electron chi connectivity index (χ0n) is 14.0. The normalized spacial score (nSPS) is 6.72. The number of quaternary nitrogens is 1. The monoisotopic (exact) mass is 421 g/mol. The van der Waals surface area contributed by atoms with E-state index in [0.717, 1.165) is 4.48 Å². The Labute approximate surface area is 190 Å². The molecule has 0 bridgehead atoms. The van der Waals surface area contributed by atoms with Gasteiger partial charge in [0.1, 0.15) is 14.1 Å². The Morgan fingerprint density at radius 1 is 0.517 bits per heavy atom. The van der Waals surface area contributed by atoms with Crippen molar-refractivity contribution in [3.63, 3.8) is 0 Å². The van der Waals surface area contributed by atoms with E-state index >= 15 is 0 Å². The SMILES string of the molecule is C.C.C.C.C.C.C.C.C.C[N+](C)(C)C.C[n+]1ccccc1.Cc1cc[n+](C)cc1. The highest BCUT2D eigenvalue weighted by molar-refractivity contribution is 5.02. The highest BCUT2D eigenvalue weighted by Gasteiger charge is 1.88. The van der Waals surface area contributed by atoms with E-state index in [2.05, 4.69) is 47.2 Å². The van der Waals surface area contributed by atoms with Crippen LogP contribution in [0.25, 0.3) is 0 Å². The van der Waals surface area contributed by atoms with Gasteiger partial charge in [-0.15, -0.1) is 0 Å². The van der Waals surface area contributed by atoms with Crippen LogP contribution in [0.5, 0.6) is 0 Å². The molecule has 2 heterocycles. The molecule has 0 aliphatic rings. The van der Waals surface area contributed by atoms with Crippen LogP contribution < -0.4 is 9.13 Å². The van der Waals surface area contributed by atoms with E-state index in [4.69, 9.17) is 0 Å². The molecule has 3 nitrogen and oxygen atoms in total. The number of rotatable bonds is 0. The first-order valence-electron chi connectivity index (χ1n) is 6.79. The van der Waals surface area contributed by atoms with Crippen molar-refractivity contribution in [1.82, 2.24) is 0 Å². The topological polar surface area (TPSA) is 7.76 Å². The predicted octanol–water partition coefficient (Wildman–Crippen LogP) is 7.38. The molecular weight excluding hydrogens is 354 g/mol. The molecule has 0 saturated heterocycles. The van der Waals surface area contributed by atoms with Gasteiger partial charge in [0, 0.05) is 24.3 Å². The summed E-state index contributed by atoms with van der Waals surface area (Å²) in [5.41, 5.74) is 1.31. The van der Waals surface area contributed by atoms with Gasteiger partial charge in [0.05, 0.1) is 28.2 Å². The minimum Gasteiger partial charge on any atom is -0.333 e. The Morgan fingerprint density at radius 3 is 0.931 bits per heavy atom.